The molecule has 2 heterocycles. The number of ether oxygens (including phenoxy) is 1. The number of likely N-dealkylation sites (tertiary alicyclic amines) is 1. The molecule has 2 aromatic rings. The standard InChI is InChI=1S/C21H24N2O4/c1-12(23-8-6-16-19(23)10-20(16)26)21(27-13(2)25)15-5-7-22-18-4-3-14(11-24)9-17(15)18/h3-5,7,9,12,16,19,21,24H,6,8,10-11H2,1-2H3/t12?,16-,19?,21+/m1/s1. The van der Waals surface area contributed by atoms with Crippen LogP contribution >= 0.6 is 0 Å². The first-order valence-electron chi connectivity index (χ1n) is 9.43. The first-order valence-corrected chi connectivity index (χ1v) is 9.43. The van der Waals surface area contributed by atoms with Crippen LogP contribution in [0.1, 0.15) is 43.9 Å². The molecule has 1 aliphatic carbocycles. The molecule has 0 spiro atoms. The number of carbonyl (C=O) groups is 2. The molecule has 4 atom stereocenters. The van der Waals surface area contributed by atoms with Gasteiger partial charge in [-0.2, -0.15) is 0 Å². The van der Waals surface area contributed by atoms with Gasteiger partial charge in [-0.3, -0.25) is 19.5 Å². The maximum Gasteiger partial charge on any atom is 0.303 e. The Bertz CT molecular complexity index is 897. The Morgan fingerprint density at radius 1 is 1.41 bits per heavy atom. The third-order valence-electron chi connectivity index (χ3n) is 6.00. The number of carbonyl (C=O) groups excluding carboxylic acids is 2. The van der Waals surface area contributed by atoms with E-state index >= 15 is 0 Å². The van der Waals surface area contributed by atoms with E-state index in [0.29, 0.717) is 12.2 Å². The molecule has 4 rings (SSSR count). The fourth-order valence-electron chi connectivity index (χ4n) is 4.55. The molecule has 27 heavy (non-hydrogen) atoms. The van der Waals surface area contributed by atoms with Gasteiger partial charge in [0.15, 0.2) is 0 Å². The topological polar surface area (TPSA) is 79.7 Å². The molecule has 6 nitrogen and oxygen atoms in total. The molecule has 2 fully saturated rings. The number of aliphatic hydroxyl groups is 1. The highest BCUT2D eigenvalue weighted by Crippen LogP contribution is 2.42. The number of hydrogen-bond donors (Lipinski definition) is 1. The van der Waals surface area contributed by atoms with Crippen LogP contribution in [0.25, 0.3) is 10.9 Å². The van der Waals surface area contributed by atoms with Crippen LogP contribution in [0.3, 0.4) is 0 Å². The predicted molar refractivity (Wildman–Crippen MR) is 99.9 cm³/mol. The summed E-state index contributed by atoms with van der Waals surface area (Å²) in [6.07, 6.45) is 2.73. The van der Waals surface area contributed by atoms with Crippen molar-refractivity contribution in [3.8, 4) is 0 Å². The van der Waals surface area contributed by atoms with E-state index in [1.165, 1.54) is 6.92 Å². The number of benzene rings is 1. The number of esters is 1. The Labute approximate surface area is 158 Å². The van der Waals surface area contributed by atoms with Crippen molar-refractivity contribution in [2.24, 2.45) is 5.92 Å². The zero-order valence-electron chi connectivity index (χ0n) is 15.6. The summed E-state index contributed by atoms with van der Waals surface area (Å²) < 4.78 is 5.77. The van der Waals surface area contributed by atoms with E-state index < -0.39 is 6.10 Å². The lowest BCUT2D eigenvalue weighted by atomic mass is 9.78. The molecule has 6 heteroatoms. The van der Waals surface area contributed by atoms with Gasteiger partial charge in [-0.05, 0) is 43.7 Å². The van der Waals surface area contributed by atoms with Gasteiger partial charge in [-0.15, -0.1) is 0 Å². The summed E-state index contributed by atoms with van der Waals surface area (Å²) in [5, 5.41) is 10.4. The molecular weight excluding hydrogens is 344 g/mol. The number of ketones is 1. The maximum atomic E-state index is 11.9. The molecule has 2 unspecified atom stereocenters. The van der Waals surface area contributed by atoms with E-state index in [4.69, 9.17) is 4.74 Å². The van der Waals surface area contributed by atoms with Gasteiger partial charge in [0.05, 0.1) is 12.1 Å². The van der Waals surface area contributed by atoms with Crippen LogP contribution in [0.5, 0.6) is 0 Å². The van der Waals surface area contributed by atoms with Crippen LogP contribution in [0, 0.1) is 5.92 Å². The number of pyridine rings is 1. The van der Waals surface area contributed by atoms with Crippen molar-refractivity contribution < 1.29 is 19.4 Å². The quantitative estimate of drug-likeness (QED) is 0.817. The number of aromatic nitrogens is 1. The first kappa shape index (κ1) is 18.1. The third-order valence-corrected chi connectivity index (χ3v) is 6.00. The highest BCUT2D eigenvalue weighted by atomic mass is 16.5. The number of Topliss-reactive ketones (excluding diaryl/α,β-unsaturated/α-hetero) is 1. The average Bonchev–Trinajstić information content (AvgIpc) is 3.01. The molecular formula is C21H24N2O4. The molecule has 1 N–H and O–H groups in total. The zero-order chi connectivity index (χ0) is 19.1. The minimum Gasteiger partial charge on any atom is -0.456 e. The van der Waals surface area contributed by atoms with Crippen molar-refractivity contribution in [3.63, 3.8) is 0 Å². The smallest absolute Gasteiger partial charge is 0.303 e. The number of fused-ring (bicyclic) bond motifs is 2. The van der Waals surface area contributed by atoms with E-state index in [9.17, 15) is 14.7 Å². The molecule has 0 amide bonds. The highest BCUT2D eigenvalue weighted by Gasteiger charge is 2.50. The van der Waals surface area contributed by atoms with Crippen LogP contribution in [-0.2, 0) is 20.9 Å². The summed E-state index contributed by atoms with van der Waals surface area (Å²) in [6, 6.07) is 7.70. The number of nitrogens with zero attached hydrogens (tertiary/aromatic N) is 2. The average molecular weight is 368 g/mol. The summed E-state index contributed by atoms with van der Waals surface area (Å²) in [7, 11) is 0. The van der Waals surface area contributed by atoms with Crippen molar-refractivity contribution in [1.82, 2.24) is 9.88 Å². The normalized spacial score (nSPS) is 24.3. The van der Waals surface area contributed by atoms with E-state index in [2.05, 4.69) is 16.8 Å². The summed E-state index contributed by atoms with van der Waals surface area (Å²) >= 11 is 0. The zero-order valence-corrected chi connectivity index (χ0v) is 15.6. The first-order chi connectivity index (χ1) is 13.0. The fourth-order valence-corrected chi connectivity index (χ4v) is 4.55. The maximum absolute atomic E-state index is 11.9. The predicted octanol–water partition coefficient (Wildman–Crippen LogP) is 2.38. The van der Waals surface area contributed by atoms with Crippen LogP contribution in [-0.4, -0.2) is 45.4 Å². The third kappa shape index (κ3) is 3.13. The molecule has 1 saturated heterocycles. The van der Waals surface area contributed by atoms with Gasteiger partial charge < -0.3 is 9.84 Å². The fraction of sp³-hybridized carbons (Fsp3) is 0.476. The van der Waals surface area contributed by atoms with Gasteiger partial charge in [-0.25, -0.2) is 0 Å². The molecule has 1 saturated carbocycles. The minimum absolute atomic E-state index is 0.0552. The Balaban J connectivity index is 1.73. The Morgan fingerprint density at radius 3 is 2.89 bits per heavy atom. The Morgan fingerprint density at radius 2 is 2.22 bits per heavy atom. The second kappa shape index (κ2) is 7.02. The molecule has 0 bridgehead atoms. The van der Waals surface area contributed by atoms with Crippen molar-refractivity contribution in [2.45, 2.75) is 51.5 Å². The summed E-state index contributed by atoms with van der Waals surface area (Å²) in [5.41, 5.74) is 2.47. The van der Waals surface area contributed by atoms with Gasteiger partial charge in [0.1, 0.15) is 11.9 Å². The van der Waals surface area contributed by atoms with E-state index in [-0.39, 0.29) is 30.6 Å². The molecule has 1 aromatic heterocycles. The van der Waals surface area contributed by atoms with Gasteiger partial charge in [0, 0.05) is 48.5 Å². The lowest BCUT2D eigenvalue weighted by Crippen LogP contribution is -2.51. The largest absolute Gasteiger partial charge is 0.456 e. The molecule has 142 valence electrons. The summed E-state index contributed by atoms with van der Waals surface area (Å²) in [5.74, 6) is 0.150. The SMILES string of the molecule is CC(=O)O[C@H](c1ccnc2ccc(CO)cc12)C(C)N1CC[C@H]2C(=O)CC21. The van der Waals surface area contributed by atoms with Gasteiger partial charge in [-0.1, -0.05) is 6.07 Å². The lowest BCUT2D eigenvalue weighted by molar-refractivity contribution is -0.152. The van der Waals surface area contributed by atoms with E-state index in [1.54, 1.807) is 6.20 Å². The van der Waals surface area contributed by atoms with Gasteiger partial charge in [0.2, 0.25) is 0 Å². The Kier molecular flexibility index (Phi) is 4.70. The highest BCUT2D eigenvalue weighted by molar-refractivity contribution is 5.89. The Hall–Kier alpha value is -2.31. The second-order valence-corrected chi connectivity index (χ2v) is 7.55. The van der Waals surface area contributed by atoms with E-state index in [1.807, 2.05) is 24.3 Å². The summed E-state index contributed by atoms with van der Waals surface area (Å²) in [4.78, 5) is 30.4. The van der Waals surface area contributed by atoms with Crippen LogP contribution in [0.4, 0.5) is 0 Å². The monoisotopic (exact) mass is 368 g/mol. The summed E-state index contributed by atoms with van der Waals surface area (Å²) in [6.45, 7) is 4.25. The molecule has 2 aliphatic rings. The number of hydrogen-bond acceptors (Lipinski definition) is 6. The molecule has 1 aliphatic heterocycles. The van der Waals surface area contributed by atoms with Crippen LogP contribution in [0.15, 0.2) is 30.5 Å². The second-order valence-electron chi connectivity index (χ2n) is 7.55. The molecule has 1 aromatic carbocycles. The van der Waals surface area contributed by atoms with Gasteiger partial charge in [0.25, 0.3) is 0 Å². The number of rotatable bonds is 5. The lowest BCUT2D eigenvalue weighted by Gasteiger charge is -2.40. The van der Waals surface area contributed by atoms with Crippen LogP contribution < -0.4 is 0 Å². The van der Waals surface area contributed by atoms with Crippen molar-refractivity contribution >= 4 is 22.7 Å². The van der Waals surface area contributed by atoms with E-state index in [0.717, 1.165) is 35.0 Å². The molecule has 0 radical (unpaired) electrons. The minimum atomic E-state index is -0.462. The van der Waals surface area contributed by atoms with Crippen LogP contribution in [0.2, 0.25) is 0 Å². The van der Waals surface area contributed by atoms with Crippen molar-refractivity contribution in [1.29, 1.82) is 0 Å². The number of aliphatic hydroxyl groups excluding tert-OH is 1. The van der Waals surface area contributed by atoms with Crippen molar-refractivity contribution in [2.75, 3.05) is 6.54 Å². The van der Waals surface area contributed by atoms with Gasteiger partial charge >= 0.3 is 5.97 Å². The van der Waals surface area contributed by atoms with Crippen molar-refractivity contribution in [3.05, 3.63) is 41.6 Å².